The molecule has 0 spiro atoms. The highest BCUT2D eigenvalue weighted by Crippen LogP contribution is 2.16. The first-order valence-electron chi connectivity index (χ1n) is 8.60. The second kappa shape index (κ2) is 9.33. The number of hydrazone groups is 1. The van der Waals surface area contributed by atoms with Crippen LogP contribution in [-0.2, 0) is 0 Å². The van der Waals surface area contributed by atoms with Crippen LogP contribution in [0.15, 0.2) is 52.4 Å². The molecule has 2 unspecified atom stereocenters. The average molecular weight is 451 g/mol. The summed E-state index contributed by atoms with van der Waals surface area (Å²) in [5.74, 6) is -0.657. The maximum atomic E-state index is 12.5. The van der Waals surface area contributed by atoms with Crippen LogP contribution in [0.1, 0.15) is 16.1 Å². The predicted molar refractivity (Wildman–Crippen MR) is 112 cm³/mol. The van der Waals surface area contributed by atoms with Crippen molar-refractivity contribution in [2.75, 3.05) is 6.61 Å². The van der Waals surface area contributed by atoms with Gasteiger partial charge >= 0.3 is 0 Å². The number of nitrogens with zero attached hydrogens (tertiary/aromatic N) is 2. The maximum Gasteiger partial charge on any atom is 0.276 e. The van der Waals surface area contributed by atoms with Crippen LogP contribution in [0.5, 0.6) is 0 Å². The number of aliphatic hydroxyl groups excluding tert-OH is 3. The van der Waals surface area contributed by atoms with Crippen LogP contribution in [-0.4, -0.2) is 55.7 Å². The van der Waals surface area contributed by atoms with E-state index in [-0.39, 0.29) is 11.3 Å². The summed E-state index contributed by atoms with van der Waals surface area (Å²) in [6.07, 6.45) is -3.49. The Kier molecular flexibility index (Phi) is 6.80. The standard InChI is InChI=1S/C19H16Cl2N4O5/c20-10-3-1-9(2-4-10)18(29)25-24-15(17(28)14(27)8-26)16-19(30)23-12-6-5-11(21)7-13(12)22-16/h1-7,14,17,26-28H,8H2,(H,23,30)(H,25,29)/b24-15-. The Bertz CT molecular complexity index is 1160. The van der Waals surface area contributed by atoms with Crippen molar-refractivity contribution in [1.29, 1.82) is 0 Å². The topological polar surface area (TPSA) is 148 Å². The third-order valence-electron chi connectivity index (χ3n) is 4.11. The summed E-state index contributed by atoms with van der Waals surface area (Å²) in [5, 5.41) is 34.0. The summed E-state index contributed by atoms with van der Waals surface area (Å²) >= 11 is 11.7. The lowest BCUT2D eigenvalue weighted by Crippen LogP contribution is -2.41. The molecule has 3 rings (SSSR count). The quantitative estimate of drug-likeness (QED) is 0.280. The molecule has 3 aromatic rings. The number of nitrogens with one attached hydrogen (secondary N) is 2. The van der Waals surface area contributed by atoms with Crippen LogP contribution in [0.4, 0.5) is 0 Å². The first kappa shape index (κ1) is 21.9. The Balaban J connectivity index is 2.04. The molecule has 1 amide bonds. The van der Waals surface area contributed by atoms with Crippen LogP contribution in [0, 0.1) is 0 Å². The van der Waals surface area contributed by atoms with Gasteiger partial charge in [0, 0.05) is 15.6 Å². The lowest BCUT2D eigenvalue weighted by molar-refractivity contribution is 0.0183. The Morgan fingerprint density at radius 3 is 2.47 bits per heavy atom. The lowest BCUT2D eigenvalue weighted by Gasteiger charge is -2.17. The van der Waals surface area contributed by atoms with E-state index in [1.54, 1.807) is 12.1 Å². The van der Waals surface area contributed by atoms with E-state index in [9.17, 15) is 24.9 Å². The molecule has 0 aliphatic carbocycles. The van der Waals surface area contributed by atoms with Crippen LogP contribution < -0.4 is 11.0 Å². The normalized spacial score (nSPS) is 13.8. The Morgan fingerprint density at radius 1 is 1.13 bits per heavy atom. The largest absolute Gasteiger partial charge is 0.394 e. The third-order valence-corrected chi connectivity index (χ3v) is 4.60. The summed E-state index contributed by atoms with van der Waals surface area (Å²) in [5.41, 5.74) is 1.56. The van der Waals surface area contributed by atoms with E-state index in [2.05, 4.69) is 20.5 Å². The van der Waals surface area contributed by atoms with E-state index in [1.165, 1.54) is 30.3 Å². The fourth-order valence-electron chi connectivity index (χ4n) is 2.55. The number of hydrogen-bond donors (Lipinski definition) is 5. The number of halogens is 2. The van der Waals surface area contributed by atoms with Gasteiger partial charge in [-0.1, -0.05) is 23.2 Å². The molecule has 0 bridgehead atoms. The number of amides is 1. The minimum Gasteiger partial charge on any atom is -0.394 e. The zero-order valence-corrected chi connectivity index (χ0v) is 16.7. The van der Waals surface area contributed by atoms with Gasteiger partial charge in [0.1, 0.15) is 17.9 Å². The summed E-state index contributed by atoms with van der Waals surface area (Å²) < 4.78 is 0. The van der Waals surface area contributed by atoms with Crippen LogP contribution in [0.3, 0.4) is 0 Å². The molecule has 1 aromatic heterocycles. The molecule has 5 N–H and O–H groups in total. The molecule has 0 fully saturated rings. The van der Waals surface area contributed by atoms with Crippen molar-refractivity contribution in [2.24, 2.45) is 5.10 Å². The minimum absolute atomic E-state index is 0.215. The van der Waals surface area contributed by atoms with Crippen molar-refractivity contribution in [3.05, 3.63) is 74.1 Å². The molecule has 9 nitrogen and oxygen atoms in total. The SMILES string of the molecule is O=C(N/N=C(/c1nc2cc(Cl)ccc2[nH]c1=O)C(O)C(O)CO)c1ccc(Cl)cc1. The maximum absolute atomic E-state index is 12.5. The molecule has 156 valence electrons. The molecule has 0 aliphatic rings. The van der Waals surface area contributed by atoms with Gasteiger partial charge < -0.3 is 20.3 Å². The molecule has 11 heteroatoms. The number of hydrogen-bond acceptors (Lipinski definition) is 7. The molecule has 0 saturated heterocycles. The number of H-pyrrole nitrogens is 1. The van der Waals surface area contributed by atoms with E-state index in [0.29, 0.717) is 21.1 Å². The highest BCUT2D eigenvalue weighted by atomic mass is 35.5. The van der Waals surface area contributed by atoms with E-state index in [4.69, 9.17) is 23.2 Å². The monoisotopic (exact) mass is 450 g/mol. The smallest absolute Gasteiger partial charge is 0.276 e. The number of carbonyl (C=O) groups excluding carboxylic acids is 1. The van der Waals surface area contributed by atoms with E-state index >= 15 is 0 Å². The lowest BCUT2D eigenvalue weighted by atomic mass is 10.1. The van der Waals surface area contributed by atoms with Crippen molar-refractivity contribution < 1.29 is 20.1 Å². The van der Waals surface area contributed by atoms with E-state index < -0.39 is 36.0 Å². The van der Waals surface area contributed by atoms with Crippen molar-refractivity contribution in [2.45, 2.75) is 12.2 Å². The van der Waals surface area contributed by atoms with Crippen LogP contribution in [0.25, 0.3) is 11.0 Å². The Labute approximate surface area is 179 Å². The zero-order chi connectivity index (χ0) is 21.8. The van der Waals surface area contributed by atoms with Crippen molar-refractivity contribution in [3.8, 4) is 0 Å². The number of aromatic nitrogens is 2. The van der Waals surface area contributed by atoms with Gasteiger partial charge in [-0.15, -0.1) is 0 Å². The fourth-order valence-corrected chi connectivity index (χ4v) is 2.84. The molecular formula is C19H16Cl2N4O5. The zero-order valence-electron chi connectivity index (χ0n) is 15.2. The van der Waals surface area contributed by atoms with Crippen molar-refractivity contribution >= 4 is 45.9 Å². The third kappa shape index (κ3) is 4.84. The predicted octanol–water partition coefficient (Wildman–Crippen LogP) is 1.08. The number of rotatable bonds is 6. The number of benzene rings is 2. The van der Waals surface area contributed by atoms with Gasteiger partial charge in [-0.3, -0.25) is 9.59 Å². The molecule has 0 aliphatic heterocycles. The number of aromatic amines is 1. The second-order valence-electron chi connectivity index (χ2n) is 6.22. The second-order valence-corrected chi connectivity index (χ2v) is 7.09. The average Bonchev–Trinajstić information content (AvgIpc) is 2.73. The van der Waals surface area contributed by atoms with Crippen molar-refractivity contribution in [1.82, 2.24) is 15.4 Å². The van der Waals surface area contributed by atoms with Gasteiger partial charge in [0.15, 0.2) is 5.69 Å². The van der Waals surface area contributed by atoms with Gasteiger partial charge in [0.2, 0.25) is 0 Å². The van der Waals surface area contributed by atoms with Crippen LogP contribution >= 0.6 is 23.2 Å². The molecule has 2 aromatic carbocycles. The summed E-state index contributed by atoms with van der Waals surface area (Å²) in [4.78, 5) is 31.5. The molecule has 2 atom stereocenters. The van der Waals surface area contributed by atoms with E-state index in [1.807, 2.05) is 0 Å². The van der Waals surface area contributed by atoms with Gasteiger partial charge in [-0.05, 0) is 42.5 Å². The van der Waals surface area contributed by atoms with Gasteiger partial charge in [0.25, 0.3) is 11.5 Å². The van der Waals surface area contributed by atoms with Gasteiger partial charge in [0.05, 0.1) is 17.6 Å². The first-order valence-corrected chi connectivity index (χ1v) is 9.36. The van der Waals surface area contributed by atoms with E-state index in [0.717, 1.165) is 0 Å². The molecule has 30 heavy (non-hydrogen) atoms. The molecular weight excluding hydrogens is 435 g/mol. The minimum atomic E-state index is -1.81. The highest BCUT2D eigenvalue weighted by molar-refractivity contribution is 6.31. The number of carbonyl (C=O) groups is 1. The van der Waals surface area contributed by atoms with Crippen LogP contribution in [0.2, 0.25) is 10.0 Å². The van der Waals surface area contributed by atoms with Gasteiger partial charge in [-0.25, -0.2) is 10.4 Å². The molecule has 0 radical (unpaired) electrons. The summed E-state index contributed by atoms with van der Waals surface area (Å²) in [6, 6.07) is 10.5. The highest BCUT2D eigenvalue weighted by Gasteiger charge is 2.27. The summed E-state index contributed by atoms with van der Waals surface area (Å²) in [6.45, 7) is -0.817. The molecule has 0 saturated carbocycles. The summed E-state index contributed by atoms with van der Waals surface area (Å²) in [7, 11) is 0. The van der Waals surface area contributed by atoms with Crippen molar-refractivity contribution in [3.63, 3.8) is 0 Å². The molecule has 1 heterocycles. The first-order chi connectivity index (χ1) is 14.3. The fraction of sp³-hybridized carbons (Fsp3) is 0.158. The van der Waals surface area contributed by atoms with Gasteiger partial charge in [-0.2, -0.15) is 5.10 Å². The number of fused-ring (bicyclic) bond motifs is 1. The number of aliphatic hydroxyl groups is 3. The Morgan fingerprint density at radius 2 is 1.80 bits per heavy atom. The Hall–Kier alpha value is -2.82.